The van der Waals surface area contributed by atoms with Gasteiger partial charge in [0.15, 0.2) is 0 Å². The van der Waals surface area contributed by atoms with Crippen LogP contribution in [0.3, 0.4) is 0 Å². The molecule has 10 nitrogen and oxygen atoms in total. The summed E-state index contributed by atoms with van der Waals surface area (Å²) in [5.41, 5.74) is 5.42. The van der Waals surface area contributed by atoms with E-state index in [0.717, 1.165) is 0 Å². The molecular formula is C25H28ClN5O5. The Kier molecular flexibility index (Phi) is 7.40. The van der Waals surface area contributed by atoms with Crippen molar-refractivity contribution in [2.75, 3.05) is 4.90 Å². The number of carbonyl (C=O) groups excluding carboxylic acids is 3. The molecule has 36 heavy (non-hydrogen) atoms. The lowest BCUT2D eigenvalue weighted by molar-refractivity contribution is 0.0427. The fourth-order valence-corrected chi connectivity index (χ4v) is 3.49. The van der Waals surface area contributed by atoms with Crippen molar-refractivity contribution in [3.63, 3.8) is 0 Å². The second-order valence-corrected chi connectivity index (χ2v) is 10.2. The molecule has 0 aliphatic rings. The number of halogens is 1. The lowest BCUT2D eigenvalue weighted by Crippen LogP contribution is -2.44. The van der Waals surface area contributed by atoms with Gasteiger partial charge in [0, 0.05) is 6.20 Å². The number of H-pyrrole nitrogens is 1. The minimum absolute atomic E-state index is 0.0343. The van der Waals surface area contributed by atoms with Gasteiger partial charge in [0.2, 0.25) is 5.95 Å². The summed E-state index contributed by atoms with van der Waals surface area (Å²) in [4.78, 5) is 50.3. The summed E-state index contributed by atoms with van der Waals surface area (Å²) in [6.07, 6.45) is -0.702. The van der Waals surface area contributed by atoms with E-state index in [-0.39, 0.29) is 27.9 Å². The zero-order chi connectivity index (χ0) is 26.8. The normalized spacial score (nSPS) is 11.6. The second kappa shape index (κ2) is 9.98. The van der Waals surface area contributed by atoms with Crippen LogP contribution >= 0.6 is 11.6 Å². The number of primary amides is 1. The van der Waals surface area contributed by atoms with Crippen LogP contribution in [0.25, 0.3) is 22.6 Å². The molecule has 0 bridgehead atoms. The van der Waals surface area contributed by atoms with Crippen LogP contribution in [0, 0.1) is 0 Å². The maximum atomic E-state index is 13.0. The van der Waals surface area contributed by atoms with Crippen LogP contribution in [0.4, 0.5) is 15.5 Å². The number of amides is 3. The minimum Gasteiger partial charge on any atom is -0.443 e. The maximum absolute atomic E-state index is 13.0. The van der Waals surface area contributed by atoms with Crippen LogP contribution in [0.1, 0.15) is 51.9 Å². The summed E-state index contributed by atoms with van der Waals surface area (Å²) < 4.78 is 10.8. The number of nitrogens with two attached hydrogens (primary N) is 1. The fraction of sp³-hybridized carbons (Fsp3) is 0.320. The third-order valence-corrected chi connectivity index (χ3v) is 4.88. The highest BCUT2D eigenvalue weighted by Crippen LogP contribution is 2.37. The molecular weight excluding hydrogens is 486 g/mol. The van der Waals surface area contributed by atoms with E-state index < -0.39 is 29.3 Å². The monoisotopic (exact) mass is 513 g/mol. The van der Waals surface area contributed by atoms with Crippen LogP contribution in [0.2, 0.25) is 5.02 Å². The molecule has 0 aliphatic heterocycles. The van der Waals surface area contributed by atoms with Crippen molar-refractivity contribution in [3.05, 3.63) is 53.2 Å². The fourth-order valence-electron chi connectivity index (χ4n) is 3.15. The van der Waals surface area contributed by atoms with E-state index in [1.807, 2.05) is 6.07 Å². The number of carbonyl (C=O) groups is 3. The van der Waals surface area contributed by atoms with E-state index in [1.54, 1.807) is 65.8 Å². The first-order chi connectivity index (χ1) is 16.7. The van der Waals surface area contributed by atoms with Gasteiger partial charge >= 0.3 is 12.2 Å². The van der Waals surface area contributed by atoms with E-state index in [4.69, 9.17) is 26.8 Å². The molecule has 0 spiro atoms. The number of hydrogen-bond acceptors (Lipinski definition) is 7. The molecule has 2 aromatic heterocycles. The van der Waals surface area contributed by atoms with Gasteiger partial charge in [0.05, 0.1) is 27.7 Å². The third kappa shape index (κ3) is 6.19. The van der Waals surface area contributed by atoms with Crippen molar-refractivity contribution in [1.82, 2.24) is 15.0 Å². The van der Waals surface area contributed by atoms with E-state index in [1.165, 1.54) is 12.3 Å². The quantitative estimate of drug-likeness (QED) is 0.464. The predicted molar refractivity (Wildman–Crippen MR) is 136 cm³/mol. The van der Waals surface area contributed by atoms with Crippen molar-refractivity contribution >= 4 is 35.6 Å². The van der Waals surface area contributed by atoms with Gasteiger partial charge in [0.25, 0.3) is 5.91 Å². The first kappa shape index (κ1) is 26.7. The number of nitrogens with one attached hydrogen (secondary N) is 1. The number of ether oxygens (including phenoxy) is 2. The van der Waals surface area contributed by atoms with Gasteiger partial charge < -0.3 is 20.2 Å². The summed E-state index contributed by atoms with van der Waals surface area (Å²) in [7, 11) is 0. The SMILES string of the molecule is CC(C)(C)OC(=O)N(C(=O)OC(C)(C)C)c1nccc(-c2[nH]c(-c3ccccc3)c(C(N)=O)c2Cl)n1. The lowest BCUT2D eigenvalue weighted by atomic mass is 10.1. The molecule has 0 aliphatic carbocycles. The van der Waals surface area contributed by atoms with Gasteiger partial charge in [-0.25, -0.2) is 19.6 Å². The number of nitrogens with zero attached hydrogens (tertiary/aromatic N) is 3. The zero-order valence-electron chi connectivity index (χ0n) is 20.9. The first-order valence-electron chi connectivity index (χ1n) is 11.0. The number of aromatic nitrogens is 3. The largest absolute Gasteiger partial charge is 0.443 e. The van der Waals surface area contributed by atoms with Crippen LogP contribution in [-0.4, -0.2) is 44.2 Å². The second-order valence-electron chi connectivity index (χ2n) is 9.83. The molecule has 3 aromatic rings. The number of anilines is 1. The molecule has 1 aromatic carbocycles. The molecule has 3 N–H and O–H groups in total. The average molecular weight is 514 g/mol. The van der Waals surface area contributed by atoms with E-state index in [9.17, 15) is 14.4 Å². The topological polar surface area (TPSA) is 140 Å². The highest BCUT2D eigenvalue weighted by Gasteiger charge is 2.35. The molecule has 0 unspecified atom stereocenters. The predicted octanol–water partition coefficient (Wildman–Crippen LogP) is 5.57. The Morgan fingerprint density at radius 3 is 1.97 bits per heavy atom. The van der Waals surface area contributed by atoms with Crippen molar-refractivity contribution in [3.8, 4) is 22.6 Å². The molecule has 11 heteroatoms. The molecule has 0 saturated carbocycles. The Labute approximate surface area is 213 Å². The summed E-state index contributed by atoms with van der Waals surface area (Å²) in [5, 5.41) is 0.0343. The van der Waals surface area contributed by atoms with E-state index in [0.29, 0.717) is 16.2 Å². The Morgan fingerprint density at radius 1 is 0.917 bits per heavy atom. The van der Waals surface area contributed by atoms with Gasteiger partial charge in [-0.05, 0) is 53.2 Å². The van der Waals surface area contributed by atoms with Gasteiger partial charge in [-0.1, -0.05) is 41.9 Å². The van der Waals surface area contributed by atoms with Crippen LogP contribution in [-0.2, 0) is 9.47 Å². The maximum Gasteiger partial charge on any atom is 0.427 e. The van der Waals surface area contributed by atoms with Crippen LogP contribution < -0.4 is 10.6 Å². The summed E-state index contributed by atoms with van der Waals surface area (Å²) in [6.45, 7) is 9.94. The molecule has 3 amide bonds. The zero-order valence-corrected chi connectivity index (χ0v) is 21.6. The van der Waals surface area contributed by atoms with E-state index in [2.05, 4.69) is 15.0 Å². The Balaban J connectivity index is 2.13. The van der Waals surface area contributed by atoms with Crippen molar-refractivity contribution < 1.29 is 23.9 Å². The van der Waals surface area contributed by atoms with E-state index >= 15 is 0 Å². The minimum atomic E-state index is -1.02. The van der Waals surface area contributed by atoms with Gasteiger partial charge in [-0.3, -0.25) is 4.79 Å². The number of imide groups is 1. The molecule has 0 atom stereocenters. The first-order valence-corrected chi connectivity index (χ1v) is 11.4. The summed E-state index contributed by atoms with van der Waals surface area (Å²) in [6, 6.07) is 10.5. The number of benzene rings is 1. The summed E-state index contributed by atoms with van der Waals surface area (Å²) in [5.74, 6) is -1.04. The molecule has 0 radical (unpaired) electrons. The molecule has 0 saturated heterocycles. The lowest BCUT2D eigenvalue weighted by Gasteiger charge is -2.27. The third-order valence-electron chi connectivity index (χ3n) is 4.50. The van der Waals surface area contributed by atoms with Crippen molar-refractivity contribution in [1.29, 1.82) is 0 Å². The summed E-state index contributed by atoms with van der Waals surface area (Å²) >= 11 is 6.55. The highest BCUT2D eigenvalue weighted by atomic mass is 35.5. The smallest absolute Gasteiger partial charge is 0.427 e. The standard InChI is InChI=1S/C25H28ClN5O5/c1-24(2,3)35-22(33)31(23(34)36-25(4,5)6)21-28-13-12-15(29-21)19-17(26)16(20(27)32)18(30-19)14-10-8-7-9-11-14/h7-13,30H,1-6H3,(H2,27,32). The molecule has 3 rings (SSSR count). The Morgan fingerprint density at radius 2 is 1.47 bits per heavy atom. The number of hydrogen-bond donors (Lipinski definition) is 2. The van der Waals surface area contributed by atoms with Gasteiger partial charge in [0.1, 0.15) is 11.2 Å². The van der Waals surface area contributed by atoms with Crippen LogP contribution in [0.5, 0.6) is 0 Å². The molecule has 0 fully saturated rings. The molecule has 190 valence electrons. The Bertz CT molecular complexity index is 1260. The number of rotatable bonds is 4. The highest BCUT2D eigenvalue weighted by molar-refractivity contribution is 6.37. The number of aromatic amines is 1. The van der Waals surface area contributed by atoms with Gasteiger partial charge in [-0.15, -0.1) is 4.90 Å². The molecule has 2 heterocycles. The van der Waals surface area contributed by atoms with Crippen LogP contribution in [0.15, 0.2) is 42.6 Å². The van der Waals surface area contributed by atoms with Gasteiger partial charge in [-0.2, -0.15) is 0 Å². The van der Waals surface area contributed by atoms with Crippen molar-refractivity contribution in [2.24, 2.45) is 5.73 Å². The van der Waals surface area contributed by atoms with Crippen molar-refractivity contribution in [2.45, 2.75) is 52.7 Å². The Hall–Kier alpha value is -3.92. The average Bonchev–Trinajstić information content (AvgIpc) is 3.09.